The van der Waals surface area contributed by atoms with Crippen LogP contribution in [0.15, 0.2) is 35.7 Å². The van der Waals surface area contributed by atoms with Crippen molar-refractivity contribution in [2.75, 3.05) is 5.75 Å². The Balaban J connectivity index is 2.01. The van der Waals surface area contributed by atoms with Gasteiger partial charge < -0.3 is 9.67 Å². The van der Waals surface area contributed by atoms with Crippen LogP contribution in [0.3, 0.4) is 0 Å². The van der Waals surface area contributed by atoms with Crippen molar-refractivity contribution in [1.29, 1.82) is 0 Å². The minimum absolute atomic E-state index is 0.496. The van der Waals surface area contributed by atoms with Crippen LogP contribution in [0.2, 0.25) is 5.02 Å². The molecular weight excluding hydrogens is 258 g/mol. The highest BCUT2D eigenvalue weighted by atomic mass is 35.5. The van der Waals surface area contributed by atoms with E-state index in [0.29, 0.717) is 10.8 Å². The third kappa shape index (κ3) is 3.00. The average Bonchev–Trinajstić information content (AvgIpc) is 2.72. The van der Waals surface area contributed by atoms with Gasteiger partial charge in [-0.3, -0.25) is 0 Å². The van der Waals surface area contributed by atoms with Crippen molar-refractivity contribution in [3.63, 3.8) is 0 Å². The number of halogens is 1. The largest absolute Gasteiger partial charge is 0.387 e. The van der Waals surface area contributed by atoms with Crippen LogP contribution < -0.4 is 0 Å². The van der Waals surface area contributed by atoms with Crippen molar-refractivity contribution in [2.24, 2.45) is 7.05 Å². The summed E-state index contributed by atoms with van der Waals surface area (Å²) in [6.45, 7) is 0. The molecule has 0 aliphatic rings. The lowest BCUT2D eigenvalue weighted by Gasteiger charge is -2.11. The monoisotopic (exact) mass is 269 g/mol. The Morgan fingerprint density at radius 1 is 1.47 bits per heavy atom. The molecule has 1 atom stereocenters. The lowest BCUT2D eigenvalue weighted by Crippen LogP contribution is -2.02. The molecule has 2 rings (SSSR count). The molecule has 1 unspecified atom stereocenters. The van der Waals surface area contributed by atoms with E-state index in [1.807, 2.05) is 29.8 Å². The molecule has 90 valence electrons. The minimum Gasteiger partial charge on any atom is -0.387 e. The van der Waals surface area contributed by atoms with Crippen LogP contribution in [0.1, 0.15) is 11.7 Å². The molecule has 0 aliphatic heterocycles. The molecule has 1 heterocycles. The molecular formula is C11H12ClN3OS. The first-order valence-electron chi connectivity index (χ1n) is 5.08. The van der Waals surface area contributed by atoms with Crippen molar-refractivity contribution in [3.05, 3.63) is 41.2 Å². The lowest BCUT2D eigenvalue weighted by molar-refractivity contribution is 0.204. The Morgan fingerprint density at radius 2 is 2.24 bits per heavy atom. The van der Waals surface area contributed by atoms with E-state index in [0.717, 1.165) is 10.7 Å². The maximum Gasteiger partial charge on any atom is 0.190 e. The molecule has 0 aliphatic carbocycles. The highest BCUT2D eigenvalue weighted by Crippen LogP contribution is 2.27. The van der Waals surface area contributed by atoms with Gasteiger partial charge in [-0.25, -0.2) is 0 Å². The van der Waals surface area contributed by atoms with Gasteiger partial charge in [-0.05, 0) is 11.6 Å². The first kappa shape index (κ1) is 12.4. The van der Waals surface area contributed by atoms with Gasteiger partial charge in [0.2, 0.25) is 0 Å². The van der Waals surface area contributed by atoms with Crippen LogP contribution in [0.25, 0.3) is 0 Å². The van der Waals surface area contributed by atoms with Crippen molar-refractivity contribution >= 4 is 23.4 Å². The van der Waals surface area contributed by atoms with Crippen molar-refractivity contribution in [3.8, 4) is 0 Å². The van der Waals surface area contributed by atoms with Gasteiger partial charge in [-0.15, -0.1) is 10.2 Å². The normalized spacial score (nSPS) is 12.6. The fraction of sp³-hybridized carbons (Fsp3) is 0.273. The number of aromatic nitrogens is 3. The summed E-state index contributed by atoms with van der Waals surface area (Å²) in [5.41, 5.74) is 0.740. The number of aliphatic hydroxyl groups excluding tert-OH is 1. The van der Waals surface area contributed by atoms with Crippen LogP contribution >= 0.6 is 23.4 Å². The predicted octanol–water partition coefficient (Wildman–Crippen LogP) is 2.29. The standard InChI is InChI=1S/C11H12ClN3OS/c1-15-7-13-14-11(15)17-6-10(16)8-4-2-3-5-9(8)12/h2-5,7,10,16H,6H2,1H3. The Kier molecular flexibility index (Phi) is 4.04. The summed E-state index contributed by atoms with van der Waals surface area (Å²) >= 11 is 7.45. The number of thioether (sulfide) groups is 1. The van der Waals surface area contributed by atoms with E-state index in [9.17, 15) is 5.11 Å². The zero-order valence-corrected chi connectivity index (χ0v) is 10.8. The second-order valence-corrected chi connectivity index (χ2v) is 4.97. The van der Waals surface area contributed by atoms with Gasteiger partial charge in [-0.2, -0.15) is 0 Å². The molecule has 17 heavy (non-hydrogen) atoms. The van der Waals surface area contributed by atoms with Gasteiger partial charge in [0.25, 0.3) is 0 Å². The van der Waals surface area contributed by atoms with Crippen molar-refractivity contribution < 1.29 is 5.11 Å². The van der Waals surface area contributed by atoms with E-state index in [2.05, 4.69) is 10.2 Å². The number of hydrogen-bond donors (Lipinski definition) is 1. The zero-order chi connectivity index (χ0) is 12.3. The summed E-state index contributed by atoms with van der Waals surface area (Å²) in [6, 6.07) is 7.29. The van der Waals surface area contributed by atoms with Crippen LogP contribution in [-0.4, -0.2) is 25.6 Å². The van der Waals surface area contributed by atoms with Crippen LogP contribution in [0, 0.1) is 0 Å². The summed E-state index contributed by atoms with van der Waals surface area (Å²) in [7, 11) is 1.87. The predicted molar refractivity (Wildman–Crippen MR) is 68.1 cm³/mol. The molecule has 0 saturated heterocycles. The van der Waals surface area contributed by atoms with E-state index in [-0.39, 0.29) is 0 Å². The van der Waals surface area contributed by atoms with Gasteiger partial charge in [0, 0.05) is 17.8 Å². The zero-order valence-electron chi connectivity index (χ0n) is 9.25. The minimum atomic E-state index is -0.606. The maximum absolute atomic E-state index is 10.0. The number of aryl methyl sites for hydroxylation is 1. The molecule has 0 bridgehead atoms. The van der Waals surface area contributed by atoms with E-state index >= 15 is 0 Å². The molecule has 4 nitrogen and oxygen atoms in total. The molecule has 0 saturated carbocycles. The van der Waals surface area contributed by atoms with Crippen LogP contribution in [0.5, 0.6) is 0 Å². The van der Waals surface area contributed by atoms with Crippen molar-refractivity contribution in [1.82, 2.24) is 14.8 Å². The Bertz CT molecular complexity index is 503. The molecule has 1 N–H and O–H groups in total. The molecule has 0 radical (unpaired) electrons. The third-order valence-corrected chi connectivity index (χ3v) is 3.76. The van der Waals surface area contributed by atoms with Crippen LogP contribution in [0.4, 0.5) is 0 Å². The lowest BCUT2D eigenvalue weighted by atomic mass is 10.1. The number of rotatable bonds is 4. The van der Waals surface area contributed by atoms with E-state index < -0.39 is 6.10 Å². The van der Waals surface area contributed by atoms with E-state index in [1.54, 1.807) is 12.4 Å². The van der Waals surface area contributed by atoms with Gasteiger partial charge in [0.1, 0.15) is 6.33 Å². The molecule has 1 aromatic heterocycles. The first-order chi connectivity index (χ1) is 8.18. The summed E-state index contributed by atoms with van der Waals surface area (Å²) in [6.07, 6.45) is 1.02. The molecule has 0 fully saturated rings. The fourth-order valence-electron chi connectivity index (χ4n) is 1.39. The fourth-order valence-corrected chi connectivity index (χ4v) is 2.50. The summed E-state index contributed by atoms with van der Waals surface area (Å²) in [5, 5.41) is 19.1. The van der Waals surface area contributed by atoms with E-state index in [4.69, 9.17) is 11.6 Å². The molecule has 6 heteroatoms. The second kappa shape index (κ2) is 5.53. The molecule has 0 amide bonds. The topological polar surface area (TPSA) is 50.9 Å². The molecule has 1 aromatic carbocycles. The third-order valence-electron chi connectivity index (χ3n) is 2.30. The first-order valence-corrected chi connectivity index (χ1v) is 6.44. The number of hydrogen-bond acceptors (Lipinski definition) is 4. The van der Waals surface area contributed by atoms with Gasteiger partial charge in [0.05, 0.1) is 6.10 Å². The van der Waals surface area contributed by atoms with Crippen LogP contribution in [-0.2, 0) is 7.05 Å². The summed E-state index contributed by atoms with van der Waals surface area (Å²) in [5.74, 6) is 0.496. The molecule has 2 aromatic rings. The molecule has 0 spiro atoms. The van der Waals surface area contributed by atoms with Gasteiger partial charge in [-0.1, -0.05) is 41.6 Å². The highest BCUT2D eigenvalue weighted by molar-refractivity contribution is 7.99. The maximum atomic E-state index is 10.0. The Labute approximate surface area is 109 Å². The summed E-state index contributed by atoms with van der Waals surface area (Å²) in [4.78, 5) is 0. The Hall–Kier alpha value is -1.04. The van der Waals surface area contributed by atoms with Crippen molar-refractivity contribution in [2.45, 2.75) is 11.3 Å². The average molecular weight is 270 g/mol. The summed E-state index contributed by atoms with van der Waals surface area (Å²) < 4.78 is 1.81. The second-order valence-electron chi connectivity index (χ2n) is 3.57. The van der Waals surface area contributed by atoms with Gasteiger partial charge >= 0.3 is 0 Å². The van der Waals surface area contributed by atoms with Gasteiger partial charge in [0.15, 0.2) is 5.16 Å². The SMILES string of the molecule is Cn1cnnc1SCC(O)c1ccccc1Cl. The number of benzene rings is 1. The highest BCUT2D eigenvalue weighted by Gasteiger charge is 2.12. The quantitative estimate of drug-likeness (QED) is 0.866. The number of nitrogens with zero attached hydrogens (tertiary/aromatic N) is 3. The van der Waals surface area contributed by atoms with E-state index in [1.165, 1.54) is 11.8 Å². The Morgan fingerprint density at radius 3 is 2.88 bits per heavy atom. The smallest absolute Gasteiger partial charge is 0.190 e. The number of aliphatic hydroxyl groups is 1.